The summed E-state index contributed by atoms with van der Waals surface area (Å²) in [4.78, 5) is 10.4. The second kappa shape index (κ2) is 4.42. The van der Waals surface area contributed by atoms with Crippen molar-refractivity contribution in [3.8, 4) is 5.75 Å². The number of benzene rings is 1. The van der Waals surface area contributed by atoms with E-state index < -0.39 is 40.1 Å². The fraction of sp³-hybridized carbons (Fsp3) is 0.222. The number of aromatic hydroxyl groups is 1. The summed E-state index contributed by atoms with van der Waals surface area (Å²) in [5, 5.41) is 26.4. The zero-order valence-corrected chi connectivity index (χ0v) is 8.75. The molecule has 0 radical (unpaired) electrons. The minimum absolute atomic E-state index is 0.439. The molecule has 1 atom stereocenters. The molecule has 0 fully saturated rings. The first-order valence-electron chi connectivity index (χ1n) is 4.15. The number of phenols is 1. The molecule has 0 heterocycles. The molecule has 1 aromatic rings. The Labute approximate surface area is 97.9 Å². The number of rotatable bonds is 2. The van der Waals surface area contributed by atoms with Gasteiger partial charge in [-0.1, -0.05) is 11.6 Å². The van der Waals surface area contributed by atoms with Gasteiger partial charge in [-0.3, -0.25) is 0 Å². The molecule has 1 aromatic carbocycles. The lowest BCUT2D eigenvalue weighted by Gasteiger charge is -2.14. The minimum Gasteiger partial charge on any atom is -0.507 e. The van der Waals surface area contributed by atoms with Crippen LogP contribution in [0.15, 0.2) is 12.1 Å². The quantitative estimate of drug-likeness (QED) is 0.770. The first-order chi connectivity index (χ1) is 7.64. The highest BCUT2D eigenvalue weighted by Crippen LogP contribution is 2.41. The molecule has 0 aromatic heterocycles. The highest BCUT2D eigenvalue weighted by Gasteiger charge is 2.37. The van der Waals surface area contributed by atoms with Crippen LogP contribution >= 0.6 is 11.6 Å². The Bertz CT molecular complexity index is 458. The van der Waals surface area contributed by atoms with Crippen LogP contribution in [0.5, 0.6) is 5.75 Å². The van der Waals surface area contributed by atoms with E-state index in [4.69, 9.17) is 21.8 Å². The summed E-state index contributed by atoms with van der Waals surface area (Å²) in [6, 6.07) is 1.19. The summed E-state index contributed by atoms with van der Waals surface area (Å²) in [6.45, 7) is 0. The van der Waals surface area contributed by atoms with Crippen molar-refractivity contribution in [1.29, 1.82) is 0 Å². The van der Waals surface area contributed by atoms with Gasteiger partial charge in [-0.2, -0.15) is 13.2 Å². The van der Waals surface area contributed by atoms with E-state index in [1.165, 1.54) is 0 Å². The summed E-state index contributed by atoms with van der Waals surface area (Å²) in [7, 11) is 0. The number of hydrogen-bond donors (Lipinski definition) is 3. The van der Waals surface area contributed by atoms with Crippen LogP contribution in [0.3, 0.4) is 0 Å². The number of hydrogen-bond acceptors (Lipinski definition) is 3. The number of carboxylic acids is 1. The number of phenolic OH excluding ortho intramolecular Hbond substituents is 1. The molecule has 0 aliphatic rings. The number of alkyl halides is 3. The maximum atomic E-state index is 12.4. The molecule has 17 heavy (non-hydrogen) atoms. The van der Waals surface area contributed by atoms with Crippen LogP contribution in [0.1, 0.15) is 17.2 Å². The van der Waals surface area contributed by atoms with E-state index in [2.05, 4.69) is 0 Å². The molecular weight excluding hydrogens is 265 g/mol. The first-order valence-corrected chi connectivity index (χ1v) is 4.53. The van der Waals surface area contributed by atoms with Gasteiger partial charge in [0.25, 0.3) is 0 Å². The Kier molecular flexibility index (Phi) is 3.53. The lowest BCUT2D eigenvalue weighted by molar-refractivity contribution is -0.147. The fourth-order valence-corrected chi connectivity index (χ4v) is 1.40. The van der Waals surface area contributed by atoms with Crippen molar-refractivity contribution >= 4 is 17.6 Å². The van der Waals surface area contributed by atoms with Crippen LogP contribution in [0, 0.1) is 0 Å². The van der Waals surface area contributed by atoms with Crippen molar-refractivity contribution in [2.24, 2.45) is 0 Å². The van der Waals surface area contributed by atoms with Gasteiger partial charge in [0.05, 0.1) is 5.56 Å². The van der Waals surface area contributed by atoms with E-state index in [0.717, 1.165) is 6.07 Å². The highest BCUT2D eigenvalue weighted by atomic mass is 35.5. The predicted molar refractivity (Wildman–Crippen MR) is 50.7 cm³/mol. The van der Waals surface area contributed by atoms with Crippen LogP contribution in [-0.4, -0.2) is 21.3 Å². The second-order valence-corrected chi connectivity index (χ2v) is 3.57. The molecular formula is C9H6ClF3O4. The molecule has 4 nitrogen and oxygen atoms in total. The van der Waals surface area contributed by atoms with Crippen molar-refractivity contribution in [1.82, 2.24) is 0 Å². The van der Waals surface area contributed by atoms with Crippen molar-refractivity contribution in [3.63, 3.8) is 0 Å². The Balaban J connectivity index is 3.44. The third kappa shape index (κ3) is 2.80. The summed E-state index contributed by atoms with van der Waals surface area (Å²) in [5.74, 6) is -3.15. The number of halogens is 4. The van der Waals surface area contributed by atoms with Crippen LogP contribution in [0.2, 0.25) is 5.02 Å². The largest absolute Gasteiger partial charge is 0.507 e. The average molecular weight is 271 g/mol. The summed E-state index contributed by atoms with van der Waals surface area (Å²) < 4.78 is 37.3. The van der Waals surface area contributed by atoms with Gasteiger partial charge in [0, 0.05) is 10.6 Å². The van der Waals surface area contributed by atoms with E-state index in [-0.39, 0.29) is 0 Å². The highest BCUT2D eigenvalue weighted by molar-refractivity contribution is 6.30. The lowest BCUT2D eigenvalue weighted by Crippen LogP contribution is -2.13. The van der Waals surface area contributed by atoms with E-state index in [1.807, 2.05) is 0 Å². The molecule has 94 valence electrons. The predicted octanol–water partition coefficient (Wildman–Crippen LogP) is 2.18. The molecule has 1 unspecified atom stereocenters. The number of carboxylic acid groups (broad SMARTS) is 1. The van der Waals surface area contributed by atoms with Crippen LogP contribution in [-0.2, 0) is 11.0 Å². The SMILES string of the molecule is O=C(O)C(O)c1cc(Cl)cc(C(F)(F)F)c1O. The van der Waals surface area contributed by atoms with Crippen molar-refractivity contribution < 1.29 is 33.3 Å². The Morgan fingerprint density at radius 2 is 1.88 bits per heavy atom. The number of aliphatic carboxylic acids is 1. The van der Waals surface area contributed by atoms with E-state index in [9.17, 15) is 23.1 Å². The maximum Gasteiger partial charge on any atom is 0.420 e. The van der Waals surface area contributed by atoms with Gasteiger partial charge in [-0.15, -0.1) is 0 Å². The zero-order valence-electron chi connectivity index (χ0n) is 7.99. The standard InChI is InChI=1S/C9H6ClF3O4/c10-3-1-4(7(15)8(16)17)6(14)5(2-3)9(11,12)13/h1-2,7,14-15H,(H,16,17). The van der Waals surface area contributed by atoms with E-state index in [0.29, 0.717) is 6.07 Å². The summed E-state index contributed by atoms with van der Waals surface area (Å²) in [6.07, 6.45) is -7.18. The molecule has 0 aliphatic heterocycles. The van der Waals surface area contributed by atoms with Gasteiger partial charge in [0.1, 0.15) is 5.75 Å². The lowest BCUT2D eigenvalue weighted by atomic mass is 10.0. The zero-order chi connectivity index (χ0) is 13.4. The molecule has 0 saturated heterocycles. The second-order valence-electron chi connectivity index (χ2n) is 3.13. The van der Waals surface area contributed by atoms with Gasteiger partial charge in [-0.25, -0.2) is 4.79 Å². The molecule has 1 rings (SSSR count). The molecule has 0 bridgehead atoms. The molecule has 0 aliphatic carbocycles. The maximum absolute atomic E-state index is 12.4. The number of aliphatic hydroxyl groups excluding tert-OH is 1. The Hall–Kier alpha value is -1.47. The number of carbonyl (C=O) groups is 1. The van der Waals surface area contributed by atoms with Crippen molar-refractivity contribution in [2.75, 3.05) is 0 Å². The van der Waals surface area contributed by atoms with E-state index >= 15 is 0 Å². The fourth-order valence-electron chi connectivity index (χ4n) is 1.18. The van der Waals surface area contributed by atoms with Crippen LogP contribution in [0.25, 0.3) is 0 Å². The van der Waals surface area contributed by atoms with Gasteiger partial charge in [0.2, 0.25) is 0 Å². The molecule has 0 amide bonds. The first kappa shape index (κ1) is 13.6. The summed E-state index contributed by atoms with van der Waals surface area (Å²) >= 11 is 5.36. The van der Waals surface area contributed by atoms with E-state index in [1.54, 1.807) is 0 Å². The normalized spacial score (nSPS) is 13.5. The third-order valence-electron chi connectivity index (χ3n) is 1.94. The average Bonchev–Trinajstić information content (AvgIpc) is 2.18. The minimum atomic E-state index is -4.90. The molecule has 3 N–H and O–H groups in total. The molecule has 8 heteroatoms. The smallest absolute Gasteiger partial charge is 0.420 e. The van der Waals surface area contributed by atoms with Gasteiger partial charge in [-0.05, 0) is 12.1 Å². The Morgan fingerprint density at radius 1 is 1.35 bits per heavy atom. The monoisotopic (exact) mass is 270 g/mol. The Morgan fingerprint density at radius 3 is 2.29 bits per heavy atom. The van der Waals surface area contributed by atoms with Gasteiger partial charge in [0.15, 0.2) is 6.10 Å². The molecule has 0 saturated carbocycles. The van der Waals surface area contributed by atoms with Crippen molar-refractivity contribution in [2.45, 2.75) is 12.3 Å². The van der Waals surface area contributed by atoms with Crippen molar-refractivity contribution in [3.05, 3.63) is 28.3 Å². The van der Waals surface area contributed by atoms with Crippen LogP contribution in [0.4, 0.5) is 13.2 Å². The third-order valence-corrected chi connectivity index (χ3v) is 2.16. The topological polar surface area (TPSA) is 77.8 Å². The van der Waals surface area contributed by atoms with Gasteiger partial charge < -0.3 is 15.3 Å². The number of aliphatic hydroxyl groups is 1. The van der Waals surface area contributed by atoms with Gasteiger partial charge >= 0.3 is 12.1 Å². The molecule has 0 spiro atoms. The summed E-state index contributed by atoms with van der Waals surface area (Å²) in [5.41, 5.74) is -2.31. The van der Waals surface area contributed by atoms with Crippen LogP contribution < -0.4 is 0 Å².